The summed E-state index contributed by atoms with van der Waals surface area (Å²) < 4.78 is 4.57. The highest BCUT2D eigenvalue weighted by Gasteiger charge is 2.18. The molecule has 13 heavy (non-hydrogen) atoms. The molecule has 0 N–H and O–H groups in total. The van der Waals surface area contributed by atoms with E-state index in [2.05, 4.69) is 53.0 Å². The first-order chi connectivity index (χ1) is 6.00. The second kappa shape index (κ2) is 3.72. The number of imidazole rings is 1. The molecule has 1 aromatic heterocycles. The standard InChI is InChI=1S/C9H19N3S/c1-6-9-10-7-8-12(9)13(4,5)11(2)3/h7-8H,6H2,1-5H3. The molecule has 0 aliphatic heterocycles. The van der Waals surface area contributed by atoms with E-state index in [0.717, 1.165) is 6.42 Å². The topological polar surface area (TPSA) is 21.1 Å². The number of nitrogens with zero attached hydrogens (tertiary/aromatic N) is 3. The molecule has 0 saturated carbocycles. The van der Waals surface area contributed by atoms with Crippen molar-refractivity contribution in [3.63, 3.8) is 0 Å². The molecule has 1 rings (SSSR count). The first-order valence-electron chi connectivity index (χ1n) is 4.43. The molecule has 0 bridgehead atoms. The molecule has 3 nitrogen and oxygen atoms in total. The summed E-state index contributed by atoms with van der Waals surface area (Å²) in [6.07, 6.45) is 9.50. The van der Waals surface area contributed by atoms with E-state index in [9.17, 15) is 0 Å². The molecule has 0 aromatic carbocycles. The minimum absolute atomic E-state index is 0.889. The fourth-order valence-electron chi connectivity index (χ4n) is 1.15. The normalized spacial score (nSPS) is 13.7. The van der Waals surface area contributed by atoms with E-state index in [-0.39, 0.29) is 0 Å². The van der Waals surface area contributed by atoms with Crippen LogP contribution in [0.25, 0.3) is 0 Å². The summed E-state index contributed by atoms with van der Waals surface area (Å²) in [6.45, 7) is 2.14. The summed E-state index contributed by atoms with van der Waals surface area (Å²) in [5.74, 6) is 1.17. The number of aromatic nitrogens is 2. The van der Waals surface area contributed by atoms with Crippen LogP contribution in [-0.4, -0.2) is 39.9 Å². The smallest absolute Gasteiger partial charge is 0.118 e. The largest absolute Gasteiger partial charge is 0.285 e. The third-order valence-electron chi connectivity index (χ3n) is 2.37. The maximum Gasteiger partial charge on any atom is 0.118 e. The molecule has 0 atom stereocenters. The third-order valence-corrected chi connectivity index (χ3v) is 5.45. The van der Waals surface area contributed by atoms with Crippen molar-refractivity contribution in [2.75, 3.05) is 26.6 Å². The molecule has 0 unspecified atom stereocenters. The molecule has 0 spiro atoms. The fraction of sp³-hybridized carbons (Fsp3) is 0.667. The van der Waals surface area contributed by atoms with Gasteiger partial charge in [-0.1, -0.05) is 6.92 Å². The number of hydrogen-bond acceptors (Lipinski definition) is 2. The summed E-state index contributed by atoms with van der Waals surface area (Å²) in [7, 11) is 3.35. The van der Waals surface area contributed by atoms with E-state index >= 15 is 0 Å². The molecular formula is C9H19N3S. The average Bonchev–Trinajstić information content (AvgIpc) is 2.51. The second-order valence-electron chi connectivity index (χ2n) is 3.56. The lowest BCUT2D eigenvalue weighted by atomic mass is 10.5. The van der Waals surface area contributed by atoms with Crippen LogP contribution >= 0.6 is 10.4 Å². The van der Waals surface area contributed by atoms with Crippen LogP contribution in [0.5, 0.6) is 0 Å². The van der Waals surface area contributed by atoms with Crippen LogP contribution in [0.15, 0.2) is 12.4 Å². The van der Waals surface area contributed by atoms with Crippen LogP contribution < -0.4 is 0 Å². The quantitative estimate of drug-likeness (QED) is 0.743. The molecule has 0 saturated heterocycles. The molecule has 0 amide bonds. The van der Waals surface area contributed by atoms with E-state index in [4.69, 9.17) is 0 Å². The van der Waals surface area contributed by atoms with Crippen molar-refractivity contribution >= 4 is 10.4 Å². The molecule has 0 aliphatic rings. The molecule has 0 fully saturated rings. The molecule has 76 valence electrons. The summed E-state index contributed by atoms with van der Waals surface area (Å²) in [4.78, 5) is 4.34. The van der Waals surface area contributed by atoms with Crippen molar-refractivity contribution in [3.05, 3.63) is 18.2 Å². The fourth-order valence-corrected chi connectivity index (χ4v) is 2.55. The second-order valence-corrected chi connectivity index (χ2v) is 7.12. The van der Waals surface area contributed by atoms with E-state index in [1.165, 1.54) is 5.82 Å². The van der Waals surface area contributed by atoms with Crippen molar-refractivity contribution in [3.8, 4) is 0 Å². The Labute approximate surface area is 82.3 Å². The van der Waals surface area contributed by atoms with E-state index in [0.29, 0.717) is 0 Å². The van der Waals surface area contributed by atoms with Crippen LogP contribution in [0.4, 0.5) is 0 Å². The highest BCUT2D eigenvalue weighted by Crippen LogP contribution is 2.43. The SMILES string of the molecule is CCc1nccn1S(C)(C)N(C)C. The lowest BCUT2D eigenvalue weighted by Gasteiger charge is -2.40. The lowest BCUT2D eigenvalue weighted by Crippen LogP contribution is -2.24. The predicted molar refractivity (Wildman–Crippen MR) is 60.1 cm³/mol. The van der Waals surface area contributed by atoms with Gasteiger partial charge in [0.2, 0.25) is 0 Å². The highest BCUT2D eigenvalue weighted by atomic mass is 32.3. The molecular weight excluding hydrogens is 182 g/mol. The van der Waals surface area contributed by atoms with Gasteiger partial charge in [-0.3, -0.25) is 8.28 Å². The Bertz CT molecular complexity index is 278. The molecule has 1 aromatic rings. The van der Waals surface area contributed by atoms with Crippen molar-refractivity contribution in [1.82, 2.24) is 13.3 Å². The summed E-state index contributed by atoms with van der Waals surface area (Å²) in [5, 5.41) is 0. The summed E-state index contributed by atoms with van der Waals surface area (Å²) in [6, 6.07) is 0. The van der Waals surface area contributed by atoms with Gasteiger partial charge in [0.1, 0.15) is 5.82 Å². The van der Waals surface area contributed by atoms with Crippen molar-refractivity contribution < 1.29 is 0 Å². The maximum absolute atomic E-state index is 4.34. The third kappa shape index (κ3) is 1.89. The average molecular weight is 201 g/mol. The minimum atomic E-state index is -0.889. The number of aryl methyl sites for hydroxylation is 1. The molecule has 4 heteroatoms. The maximum atomic E-state index is 4.34. The zero-order valence-electron chi connectivity index (χ0n) is 9.11. The van der Waals surface area contributed by atoms with Gasteiger partial charge in [0, 0.05) is 18.8 Å². The zero-order valence-corrected chi connectivity index (χ0v) is 9.93. The van der Waals surface area contributed by atoms with Crippen molar-refractivity contribution in [2.45, 2.75) is 13.3 Å². The van der Waals surface area contributed by atoms with E-state index in [1.807, 2.05) is 6.20 Å². The van der Waals surface area contributed by atoms with Crippen molar-refractivity contribution in [2.24, 2.45) is 0 Å². The Balaban J connectivity index is 3.06. The van der Waals surface area contributed by atoms with Crippen LogP contribution in [-0.2, 0) is 6.42 Å². The van der Waals surface area contributed by atoms with Crippen LogP contribution in [0, 0.1) is 0 Å². The first kappa shape index (κ1) is 10.6. The zero-order chi connectivity index (χ0) is 10.1. The van der Waals surface area contributed by atoms with Gasteiger partial charge < -0.3 is 0 Å². The highest BCUT2D eigenvalue weighted by molar-refractivity contribution is 8.29. The summed E-state index contributed by atoms with van der Waals surface area (Å²) in [5.41, 5.74) is 0. The van der Waals surface area contributed by atoms with Gasteiger partial charge in [-0.25, -0.2) is 4.98 Å². The molecule has 1 heterocycles. The van der Waals surface area contributed by atoms with Crippen LogP contribution in [0.1, 0.15) is 12.7 Å². The first-order valence-corrected chi connectivity index (χ1v) is 6.80. The van der Waals surface area contributed by atoms with E-state index < -0.39 is 10.4 Å². The molecule has 0 aliphatic carbocycles. The van der Waals surface area contributed by atoms with Gasteiger partial charge >= 0.3 is 0 Å². The van der Waals surface area contributed by atoms with Crippen LogP contribution in [0.3, 0.4) is 0 Å². The lowest BCUT2D eigenvalue weighted by molar-refractivity contribution is 0.671. The van der Waals surface area contributed by atoms with Gasteiger partial charge in [-0.05, 0) is 26.6 Å². The Kier molecular flexibility index (Phi) is 3.03. The van der Waals surface area contributed by atoms with Gasteiger partial charge in [-0.15, -0.1) is 10.4 Å². The Hall–Kier alpha value is -0.480. The minimum Gasteiger partial charge on any atom is -0.285 e. The molecule has 0 radical (unpaired) electrons. The van der Waals surface area contributed by atoms with Gasteiger partial charge in [0.25, 0.3) is 0 Å². The monoisotopic (exact) mass is 201 g/mol. The number of hydrogen-bond donors (Lipinski definition) is 0. The van der Waals surface area contributed by atoms with Crippen LogP contribution in [0.2, 0.25) is 0 Å². The van der Waals surface area contributed by atoms with E-state index in [1.54, 1.807) is 0 Å². The van der Waals surface area contributed by atoms with Crippen molar-refractivity contribution in [1.29, 1.82) is 0 Å². The Morgan fingerprint density at radius 1 is 1.46 bits per heavy atom. The Morgan fingerprint density at radius 2 is 2.08 bits per heavy atom. The van der Waals surface area contributed by atoms with Gasteiger partial charge in [0.15, 0.2) is 0 Å². The predicted octanol–water partition coefficient (Wildman–Crippen LogP) is 1.75. The summed E-state index contributed by atoms with van der Waals surface area (Å²) >= 11 is 0. The number of rotatable bonds is 3. The van der Waals surface area contributed by atoms with Gasteiger partial charge in [-0.2, -0.15) is 0 Å². The van der Waals surface area contributed by atoms with Gasteiger partial charge in [0.05, 0.1) is 0 Å². The Morgan fingerprint density at radius 3 is 2.54 bits per heavy atom.